The lowest BCUT2D eigenvalue weighted by Gasteiger charge is -2.23. The highest BCUT2D eigenvalue weighted by Gasteiger charge is 2.25. The fourth-order valence-corrected chi connectivity index (χ4v) is 3.71. The third kappa shape index (κ3) is 2.87. The topological polar surface area (TPSA) is 92.8 Å². The van der Waals surface area contributed by atoms with Crippen LogP contribution in [0.5, 0.6) is 0 Å². The first-order chi connectivity index (χ1) is 13.3. The van der Waals surface area contributed by atoms with Crippen LogP contribution in [0, 0.1) is 0 Å². The van der Waals surface area contributed by atoms with Gasteiger partial charge in [0.15, 0.2) is 5.65 Å². The van der Waals surface area contributed by atoms with Crippen molar-refractivity contribution in [1.29, 1.82) is 0 Å². The molecule has 1 N–H and O–H groups in total. The Hall–Kier alpha value is -3.13. The molecule has 1 aliphatic heterocycles. The second kappa shape index (κ2) is 6.55. The van der Waals surface area contributed by atoms with Crippen molar-refractivity contribution in [2.75, 3.05) is 18.1 Å². The van der Waals surface area contributed by atoms with Crippen LogP contribution in [0.15, 0.2) is 42.7 Å². The van der Waals surface area contributed by atoms with Gasteiger partial charge in [-0.2, -0.15) is 0 Å². The van der Waals surface area contributed by atoms with Crippen LogP contribution < -0.4 is 4.90 Å². The van der Waals surface area contributed by atoms with Crippen LogP contribution in [0.2, 0.25) is 0 Å². The average molecular weight is 361 g/mol. The average Bonchev–Trinajstić information content (AvgIpc) is 3.34. The summed E-state index contributed by atoms with van der Waals surface area (Å²) in [7, 11) is 0. The Bertz CT molecular complexity index is 1110. The van der Waals surface area contributed by atoms with Gasteiger partial charge in [0.1, 0.15) is 5.82 Å². The van der Waals surface area contributed by atoms with E-state index in [0.717, 1.165) is 41.7 Å². The molecule has 0 spiro atoms. The van der Waals surface area contributed by atoms with Crippen LogP contribution in [-0.4, -0.2) is 54.2 Å². The molecular weight excluding hydrogens is 342 g/mol. The molecule has 3 aromatic heterocycles. The van der Waals surface area contributed by atoms with Crippen LogP contribution in [0.1, 0.15) is 18.4 Å². The monoisotopic (exact) mass is 361 g/mol. The SMILES string of the molecule is OC[C@@H]1CCCN1c1cnc2nnn(Cc3ccc4ncccc4c3)c2n1. The highest BCUT2D eigenvalue weighted by Crippen LogP contribution is 2.24. The molecule has 4 heterocycles. The molecule has 8 heteroatoms. The maximum atomic E-state index is 9.58. The van der Waals surface area contributed by atoms with E-state index in [-0.39, 0.29) is 12.6 Å². The van der Waals surface area contributed by atoms with Crippen molar-refractivity contribution < 1.29 is 5.11 Å². The number of hydrogen-bond donors (Lipinski definition) is 1. The van der Waals surface area contributed by atoms with Gasteiger partial charge in [-0.05, 0) is 36.6 Å². The Morgan fingerprint density at radius 2 is 2.15 bits per heavy atom. The molecule has 0 unspecified atom stereocenters. The van der Waals surface area contributed by atoms with Crippen molar-refractivity contribution in [3.63, 3.8) is 0 Å². The summed E-state index contributed by atoms with van der Waals surface area (Å²) in [5, 5.41) is 19.1. The van der Waals surface area contributed by atoms with Crippen LogP contribution in [0.25, 0.3) is 22.2 Å². The maximum Gasteiger partial charge on any atom is 0.221 e. The molecule has 0 bridgehead atoms. The fourth-order valence-electron chi connectivity index (χ4n) is 3.71. The molecule has 1 aromatic carbocycles. The van der Waals surface area contributed by atoms with Gasteiger partial charge in [0.2, 0.25) is 5.65 Å². The zero-order valence-electron chi connectivity index (χ0n) is 14.7. The number of fused-ring (bicyclic) bond motifs is 2. The van der Waals surface area contributed by atoms with Crippen molar-refractivity contribution in [2.45, 2.75) is 25.4 Å². The Labute approximate surface area is 155 Å². The normalized spacial score (nSPS) is 17.2. The van der Waals surface area contributed by atoms with Gasteiger partial charge >= 0.3 is 0 Å². The van der Waals surface area contributed by atoms with Crippen molar-refractivity contribution >= 4 is 28.0 Å². The van der Waals surface area contributed by atoms with Crippen LogP contribution in [0.3, 0.4) is 0 Å². The van der Waals surface area contributed by atoms with Gasteiger partial charge in [-0.25, -0.2) is 14.6 Å². The van der Waals surface area contributed by atoms with Gasteiger partial charge in [-0.3, -0.25) is 4.98 Å². The third-order valence-electron chi connectivity index (χ3n) is 5.10. The summed E-state index contributed by atoms with van der Waals surface area (Å²) >= 11 is 0. The van der Waals surface area contributed by atoms with E-state index in [1.807, 2.05) is 24.3 Å². The number of benzene rings is 1. The zero-order chi connectivity index (χ0) is 18.2. The Kier molecular flexibility index (Phi) is 3.90. The Morgan fingerprint density at radius 1 is 1.19 bits per heavy atom. The van der Waals surface area contributed by atoms with Gasteiger partial charge in [0.25, 0.3) is 0 Å². The van der Waals surface area contributed by atoms with E-state index in [4.69, 9.17) is 4.98 Å². The smallest absolute Gasteiger partial charge is 0.221 e. The fraction of sp³-hybridized carbons (Fsp3) is 0.316. The van der Waals surface area contributed by atoms with Crippen LogP contribution in [-0.2, 0) is 6.54 Å². The van der Waals surface area contributed by atoms with E-state index in [0.29, 0.717) is 17.8 Å². The molecule has 4 aromatic rings. The summed E-state index contributed by atoms with van der Waals surface area (Å²) in [5.41, 5.74) is 3.25. The summed E-state index contributed by atoms with van der Waals surface area (Å²) in [4.78, 5) is 15.6. The number of nitrogens with zero attached hydrogens (tertiary/aromatic N) is 7. The molecule has 1 saturated heterocycles. The lowest BCUT2D eigenvalue weighted by atomic mass is 10.1. The minimum absolute atomic E-state index is 0.106. The van der Waals surface area contributed by atoms with Crippen molar-refractivity contribution in [1.82, 2.24) is 29.9 Å². The van der Waals surface area contributed by atoms with E-state index in [1.54, 1.807) is 17.1 Å². The Balaban J connectivity index is 1.50. The second-order valence-corrected chi connectivity index (χ2v) is 6.82. The lowest BCUT2D eigenvalue weighted by Crippen LogP contribution is -2.32. The first kappa shape index (κ1) is 16.1. The van der Waals surface area contributed by atoms with Gasteiger partial charge in [-0.15, -0.1) is 5.10 Å². The lowest BCUT2D eigenvalue weighted by molar-refractivity contribution is 0.266. The molecule has 27 heavy (non-hydrogen) atoms. The molecular formula is C19H19N7O. The van der Waals surface area contributed by atoms with Crippen LogP contribution >= 0.6 is 0 Å². The molecule has 1 fully saturated rings. The number of hydrogen-bond acceptors (Lipinski definition) is 7. The van der Waals surface area contributed by atoms with Gasteiger partial charge in [-0.1, -0.05) is 17.3 Å². The first-order valence-corrected chi connectivity index (χ1v) is 9.09. The predicted molar refractivity (Wildman–Crippen MR) is 101 cm³/mol. The van der Waals surface area contributed by atoms with Gasteiger partial charge in [0.05, 0.1) is 30.9 Å². The molecule has 1 atom stereocenters. The molecule has 0 saturated carbocycles. The molecule has 5 rings (SSSR count). The molecule has 0 amide bonds. The predicted octanol–water partition coefficient (Wildman–Crippen LogP) is 1.78. The summed E-state index contributed by atoms with van der Waals surface area (Å²) in [6.45, 7) is 1.57. The van der Waals surface area contributed by atoms with E-state index < -0.39 is 0 Å². The van der Waals surface area contributed by atoms with Crippen molar-refractivity contribution in [3.05, 3.63) is 48.3 Å². The van der Waals surface area contributed by atoms with E-state index in [2.05, 4.69) is 31.2 Å². The van der Waals surface area contributed by atoms with Crippen molar-refractivity contribution in [2.24, 2.45) is 0 Å². The summed E-state index contributed by atoms with van der Waals surface area (Å²) in [6.07, 6.45) is 5.53. The zero-order valence-corrected chi connectivity index (χ0v) is 14.7. The largest absolute Gasteiger partial charge is 0.394 e. The number of aliphatic hydroxyl groups is 1. The van der Waals surface area contributed by atoms with E-state index >= 15 is 0 Å². The summed E-state index contributed by atoms with van der Waals surface area (Å²) < 4.78 is 1.77. The highest BCUT2D eigenvalue weighted by molar-refractivity contribution is 5.79. The number of aromatic nitrogens is 6. The molecule has 8 nitrogen and oxygen atoms in total. The quantitative estimate of drug-likeness (QED) is 0.592. The number of aliphatic hydroxyl groups excluding tert-OH is 1. The number of anilines is 1. The molecule has 0 aliphatic carbocycles. The minimum atomic E-state index is 0.106. The third-order valence-corrected chi connectivity index (χ3v) is 5.10. The van der Waals surface area contributed by atoms with Gasteiger partial charge < -0.3 is 10.0 Å². The molecule has 1 aliphatic rings. The maximum absolute atomic E-state index is 9.58. The van der Waals surface area contributed by atoms with E-state index in [1.165, 1.54) is 0 Å². The van der Waals surface area contributed by atoms with Crippen molar-refractivity contribution in [3.8, 4) is 0 Å². The second-order valence-electron chi connectivity index (χ2n) is 6.82. The standard InChI is InChI=1S/C19H19N7O/c27-12-15-4-2-8-25(15)17-10-21-18-19(22-17)26(24-23-18)11-13-5-6-16-14(9-13)3-1-7-20-16/h1,3,5-7,9-10,15,27H,2,4,8,11-12H2/t15-/m0/s1. The van der Waals surface area contributed by atoms with Crippen LogP contribution in [0.4, 0.5) is 5.82 Å². The number of rotatable bonds is 4. The number of pyridine rings is 1. The summed E-state index contributed by atoms with van der Waals surface area (Å²) in [5.74, 6) is 0.769. The minimum Gasteiger partial charge on any atom is -0.394 e. The van der Waals surface area contributed by atoms with E-state index in [9.17, 15) is 5.11 Å². The molecule has 0 radical (unpaired) electrons. The molecule has 136 valence electrons. The first-order valence-electron chi connectivity index (χ1n) is 9.09. The Morgan fingerprint density at radius 3 is 3.07 bits per heavy atom. The summed E-state index contributed by atoms with van der Waals surface area (Å²) in [6, 6.07) is 10.2. The van der Waals surface area contributed by atoms with Gasteiger partial charge in [0, 0.05) is 18.1 Å². The highest BCUT2D eigenvalue weighted by atomic mass is 16.3.